The number of para-hydroxylation sites is 1. The molecule has 0 unspecified atom stereocenters. The SMILES string of the molecule is COc1ccc(-c2cc(=O)c3c(=O)n(-c4nc5ccccc5s4)[nH]c3[nH]2)cc1. The van der Waals surface area contributed by atoms with Gasteiger partial charge in [0, 0.05) is 6.07 Å². The Morgan fingerprint density at radius 3 is 2.61 bits per heavy atom. The van der Waals surface area contributed by atoms with Crippen LogP contribution >= 0.6 is 11.3 Å². The summed E-state index contributed by atoms with van der Waals surface area (Å²) in [6.07, 6.45) is 0. The van der Waals surface area contributed by atoms with Crippen LogP contribution in [-0.4, -0.2) is 26.9 Å². The summed E-state index contributed by atoms with van der Waals surface area (Å²) < 4.78 is 7.44. The summed E-state index contributed by atoms with van der Waals surface area (Å²) in [4.78, 5) is 33.1. The number of aromatic nitrogens is 4. The third kappa shape index (κ3) is 2.54. The molecule has 2 N–H and O–H groups in total. The number of pyridine rings is 1. The van der Waals surface area contributed by atoms with E-state index < -0.39 is 5.56 Å². The number of methoxy groups -OCH3 is 1. The van der Waals surface area contributed by atoms with Crippen molar-refractivity contribution in [3.05, 3.63) is 75.2 Å². The fourth-order valence-electron chi connectivity index (χ4n) is 3.15. The van der Waals surface area contributed by atoms with Gasteiger partial charge in [-0.25, -0.2) is 4.98 Å². The summed E-state index contributed by atoms with van der Waals surface area (Å²) in [5.74, 6) is 0.725. The Bertz CT molecular complexity index is 1410. The van der Waals surface area contributed by atoms with Crippen LogP contribution in [0.4, 0.5) is 0 Å². The van der Waals surface area contributed by atoms with Crippen molar-refractivity contribution < 1.29 is 4.74 Å². The van der Waals surface area contributed by atoms with Gasteiger partial charge in [0.05, 0.1) is 23.0 Å². The summed E-state index contributed by atoms with van der Waals surface area (Å²) in [6, 6.07) is 16.4. The van der Waals surface area contributed by atoms with Gasteiger partial charge in [-0.15, -0.1) is 0 Å². The zero-order chi connectivity index (χ0) is 19.3. The van der Waals surface area contributed by atoms with E-state index in [-0.39, 0.29) is 10.8 Å². The Kier molecular flexibility index (Phi) is 3.66. The van der Waals surface area contributed by atoms with Crippen LogP contribution in [0.25, 0.3) is 37.6 Å². The standard InChI is InChI=1S/C20H14N4O3S/c1-27-12-8-6-11(7-9-12)14-10-15(25)17-18(21-14)23-24(19(17)26)20-22-13-4-2-3-5-16(13)28-20/h2-10H,1H3,(H2,21,23,25). The number of ether oxygens (including phenoxy) is 1. The number of hydrogen-bond donors (Lipinski definition) is 2. The zero-order valence-electron chi connectivity index (χ0n) is 14.7. The highest BCUT2D eigenvalue weighted by Gasteiger charge is 2.16. The van der Waals surface area contributed by atoms with Crippen LogP contribution in [0.15, 0.2) is 64.2 Å². The van der Waals surface area contributed by atoms with E-state index in [2.05, 4.69) is 15.1 Å². The van der Waals surface area contributed by atoms with E-state index in [1.54, 1.807) is 7.11 Å². The first-order valence-electron chi connectivity index (χ1n) is 8.52. The maximum absolute atomic E-state index is 12.8. The molecule has 0 aliphatic heterocycles. The number of rotatable bonds is 3. The average Bonchev–Trinajstić information content (AvgIpc) is 3.29. The minimum absolute atomic E-state index is 0.0801. The van der Waals surface area contributed by atoms with Gasteiger partial charge in [-0.1, -0.05) is 23.5 Å². The fourth-order valence-corrected chi connectivity index (χ4v) is 4.07. The third-order valence-electron chi connectivity index (χ3n) is 4.55. The molecule has 0 radical (unpaired) electrons. The summed E-state index contributed by atoms with van der Waals surface area (Å²) >= 11 is 1.38. The molecule has 3 heterocycles. The lowest BCUT2D eigenvalue weighted by Crippen LogP contribution is -2.17. The fraction of sp³-hybridized carbons (Fsp3) is 0.0500. The molecule has 0 spiro atoms. The molecular weight excluding hydrogens is 376 g/mol. The molecule has 0 aliphatic carbocycles. The van der Waals surface area contributed by atoms with Crippen molar-refractivity contribution in [2.24, 2.45) is 0 Å². The zero-order valence-corrected chi connectivity index (χ0v) is 15.5. The highest BCUT2D eigenvalue weighted by atomic mass is 32.1. The molecule has 0 aliphatic rings. The first-order chi connectivity index (χ1) is 13.6. The predicted octanol–water partition coefficient (Wildman–Crippen LogP) is 3.29. The van der Waals surface area contributed by atoms with Gasteiger partial charge in [0.25, 0.3) is 5.56 Å². The number of H-pyrrole nitrogens is 2. The average molecular weight is 390 g/mol. The van der Waals surface area contributed by atoms with Crippen molar-refractivity contribution in [2.75, 3.05) is 7.11 Å². The Balaban J connectivity index is 1.68. The van der Waals surface area contributed by atoms with Crippen molar-refractivity contribution in [1.29, 1.82) is 0 Å². The number of hydrogen-bond acceptors (Lipinski definition) is 5. The molecule has 5 rings (SSSR count). The Morgan fingerprint density at radius 2 is 1.86 bits per heavy atom. The van der Waals surface area contributed by atoms with Gasteiger partial charge in [-0.05, 0) is 42.0 Å². The normalized spacial score (nSPS) is 11.3. The molecule has 28 heavy (non-hydrogen) atoms. The van der Waals surface area contributed by atoms with Gasteiger partial charge >= 0.3 is 0 Å². The number of nitrogens with zero attached hydrogens (tertiary/aromatic N) is 2. The molecule has 2 aromatic carbocycles. The number of aromatic amines is 2. The minimum atomic E-state index is -0.420. The maximum atomic E-state index is 12.8. The molecule has 7 nitrogen and oxygen atoms in total. The van der Waals surface area contributed by atoms with Crippen molar-refractivity contribution in [1.82, 2.24) is 19.7 Å². The Hall–Kier alpha value is -3.65. The van der Waals surface area contributed by atoms with E-state index in [0.29, 0.717) is 16.5 Å². The van der Waals surface area contributed by atoms with Crippen LogP contribution in [-0.2, 0) is 0 Å². The van der Waals surface area contributed by atoms with E-state index in [1.807, 2.05) is 48.5 Å². The number of thiazole rings is 1. The second-order valence-electron chi connectivity index (χ2n) is 6.24. The lowest BCUT2D eigenvalue weighted by molar-refractivity contribution is 0.415. The largest absolute Gasteiger partial charge is 0.497 e. The molecule has 0 saturated heterocycles. The van der Waals surface area contributed by atoms with E-state index >= 15 is 0 Å². The van der Waals surface area contributed by atoms with Gasteiger partial charge in [-0.2, -0.15) is 4.68 Å². The molecule has 138 valence electrons. The molecule has 3 aromatic heterocycles. The van der Waals surface area contributed by atoms with Crippen molar-refractivity contribution >= 4 is 32.6 Å². The van der Waals surface area contributed by atoms with Crippen molar-refractivity contribution in [2.45, 2.75) is 0 Å². The highest BCUT2D eigenvalue weighted by molar-refractivity contribution is 7.20. The lowest BCUT2D eigenvalue weighted by atomic mass is 10.1. The van der Waals surface area contributed by atoms with Gasteiger partial charge in [-0.3, -0.25) is 14.7 Å². The van der Waals surface area contributed by atoms with Crippen LogP contribution in [0, 0.1) is 0 Å². The first kappa shape index (κ1) is 16.5. The smallest absolute Gasteiger partial charge is 0.286 e. The third-order valence-corrected chi connectivity index (χ3v) is 5.57. The molecule has 0 bridgehead atoms. The molecular formula is C20H14N4O3S. The molecule has 0 atom stereocenters. The summed E-state index contributed by atoms with van der Waals surface area (Å²) in [5.41, 5.74) is 1.82. The second kappa shape index (κ2) is 6.21. The maximum Gasteiger partial charge on any atom is 0.286 e. The van der Waals surface area contributed by atoms with Crippen LogP contribution < -0.4 is 15.7 Å². The van der Waals surface area contributed by atoms with Crippen LogP contribution in [0.5, 0.6) is 5.75 Å². The van der Waals surface area contributed by atoms with Crippen LogP contribution in [0.2, 0.25) is 0 Å². The predicted molar refractivity (Wildman–Crippen MR) is 110 cm³/mol. The van der Waals surface area contributed by atoms with Crippen molar-refractivity contribution in [3.8, 4) is 22.1 Å². The van der Waals surface area contributed by atoms with E-state index in [9.17, 15) is 9.59 Å². The van der Waals surface area contributed by atoms with Crippen molar-refractivity contribution in [3.63, 3.8) is 0 Å². The summed E-state index contributed by atoms with van der Waals surface area (Å²) in [7, 11) is 1.60. The Labute approximate surface area is 161 Å². The topological polar surface area (TPSA) is 92.8 Å². The Morgan fingerprint density at radius 1 is 1.07 bits per heavy atom. The van der Waals surface area contributed by atoms with E-state index in [0.717, 1.165) is 21.5 Å². The number of benzene rings is 2. The second-order valence-corrected chi connectivity index (χ2v) is 7.25. The lowest BCUT2D eigenvalue weighted by Gasteiger charge is -2.04. The van der Waals surface area contributed by atoms with E-state index in [4.69, 9.17) is 4.74 Å². The molecule has 0 fully saturated rings. The molecule has 0 saturated carbocycles. The summed E-state index contributed by atoms with van der Waals surface area (Å²) in [6.45, 7) is 0. The van der Waals surface area contributed by atoms with Crippen LogP contribution in [0.1, 0.15) is 0 Å². The molecule has 0 amide bonds. The van der Waals surface area contributed by atoms with Gasteiger partial charge in [0.1, 0.15) is 16.8 Å². The van der Waals surface area contributed by atoms with Gasteiger partial charge in [0.2, 0.25) is 5.13 Å². The number of fused-ring (bicyclic) bond motifs is 2. The van der Waals surface area contributed by atoms with Gasteiger partial charge < -0.3 is 9.72 Å². The first-order valence-corrected chi connectivity index (χ1v) is 9.34. The minimum Gasteiger partial charge on any atom is -0.497 e. The number of nitrogens with one attached hydrogen (secondary N) is 2. The monoisotopic (exact) mass is 390 g/mol. The van der Waals surface area contributed by atoms with Gasteiger partial charge in [0.15, 0.2) is 5.43 Å². The van der Waals surface area contributed by atoms with Crippen LogP contribution in [0.3, 0.4) is 0 Å². The molecule has 5 aromatic rings. The highest BCUT2D eigenvalue weighted by Crippen LogP contribution is 2.24. The summed E-state index contributed by atoms with van der Waals surface area (Å²) in [5, 5.41) is 3.55. The molecule has 8 heteroatoms. The quantitative estimate of drug-likeness (QED) is 0.494. The van der Waals surface area contributed by atoms with E-state index in [1.165, 1.54) is 22.1 Å².